The van der Waals surface area contributed by atoms with Crippen LogP contribution < -0.4 is 5.32 Å². The smallest absolute Gasteiger partial charge is 0.408 e. The number of nitrogens with one attached hydrogen (secondary N) is 1. The number of alkyl carbamates (subject to hydrolysis) is 1. The zero-order chi connectivity index (χ0) is 13.6. The summed E-state index contributed by atoms with van der Waals surface area (Å²) in [5, 5.41) is 12.1. The molecule has 2 fully saturated rings. The number of carboxylic acid groups (broad SMARTS) is 1. The summed E-state index contributed by atoms with van der Waals surface area (Å²) in [7, 11) is 0. The zero-order valence-corrected chi connectivity index (χ0v) is 11.2. The molecule has 0 saturated heterocycles. The normalized spacial score (nSPS) is 29.1. The Labute approximate surface area is 107 Å². The van der Waals surface area contributed by atoms with Gasteiger partial charge in [0.05, 0.1) is 0 Å². The van der Waals surface area contributed by atoms with Gasteiger partial charge in [0.15, 0.2) is 0 Å². The van der Waals surface area contributed by atoms with Crippen molar-refractivity contribution >= 4 is 12.1 Å². The van der Waals surface area contributed by atoms with Crippen LogP contribution in [0, 0.1) is 5.41 Å². The van der Waals surface area contributed by atoms with Crippen molar-refractivity contribution in [1.29, 1.82) is 0 Å². The fourth-order valence-electron chi connectivity index (χ4n) is 3.07. The lowest BCUT2D eigenvalue weighted by molar-refractivity contribution is -0.172. The minimum atomic E-state index is -1.10. The summed E-state index contributed by atoms with van der Waals surface area (Å²) in [5.41, 5.74) is -1.94. The van der Waals surface area contributed by atoms with Gasteiger partial charge < -0.3 is 15.2 Å². The largest absolute Gasteiger partial charge is 0.479 e. The molecule has 1 atom stereocenters. The van der Waals surface area contributed by atoms with Gasteiger partial charge in [-0.3, -0.25) is 0 Å². The molecule has 102 valence electrons. The van der Waals surface area contributed by atoms with Gasteiger partial charge in [0.2, 0.25) is 0 Å². The van der Waals surface area contributed by atoms with E-state index in [1.54, 1.807) is 20.8 Å². The highest BCUT2D eigenvalue weighted by Gasteiger charge is 2.67. The first-order valence-electron chi connectivity index (χ1n) is 6.45. The van der Waals surface area contributed by atoms with Crippen molar-refractivity contribution in [2.75, 3.05) is 0 Å². The zero-order valence-electron chi connectivity index (χ0n) is 11.2. The Hall–Kier alpha value is -1.26. The van der Waals surface area contributed by atoms with E-state index in [9.17, 15) is 14.7 Å². The van der Waals surface area contributed by atoms with Crippen LogP contribution in [0.5, 0.6) is 0 Å². The van der Waals surface area contributed by atoms with Crippen LogP contribution >= 0.6 is 0 Å². The third-order valence-corrected chi connectivity index (χ3v) is 4.27. The molecule has 0 bridgehead atoms. The van der Waals surface area contributed by atoms with Gasteiger partial charge in [-0.2, -0.15) is 0 Å². The molecule has 5 heteroatoms. The van der Waals surface area contributed by atoms with Crippen LogP contribution in [0.15, 0.2) is 0 Å². The highest BCUT2D eigenvalue weighted by Crippen LogP contribution is 2.62. The maximum Gasteiger partial charge on any atom is 0.408 e. The number of carbonyl (C=O) groups is 2. The van der Waals surface area contributed by atoms with E-state index in [0.717, 1.165) is 25.7 Å². The van der Waals surface area contributed by atoms with Crippen LogP contribution in [-0.4, -0.2) is 28.3 Å². The van der Waals surface area contributed by atoms with Crippen LogP contribution in [-0.2, 0) is 9.53 Å². The summed E-state index contributed by atoms with van der Waals surface area (Å²) in [6, 6.07) is 0. The molecule has 2 aliphatic carbocycles. The summed E-state index contributed by atoms with van der Waals surface area (Å²) >= 11 is 0. The highest BCUT2D eigenvalue weighted by molar-refractivity contribution is 5.87. The Balaban J connectivity index is 2.09. The number of carbonyl (C=O) groups excluding carboxylic acids is 1. The fraction of sp³-hybridized carbons (Fsp3) is 0.846. The topological polar surface area (TPSA) is 75.6 Å². The molecule has 0 aromatic rings. The Morgan fingerprint density at radius 2 is 1.78 bits per heavy atom. The molecular formula is C13H21NO4. The Morgan fingerprint density at radius 1 is 1.17 bits per heavy atom. The lowest BCUT2D eigenvalue weighted by atomic mass is 9.45. The second-order valence-electron chi connectivity index (χ2n) is 6.47. The number of aliphatic carboxylic acids is 1. The van der Waals surface area contributed by atoms with Crippen molar-refractivity contribution < 1.29 is 19.4 Å². The number of carboxylic acids is 1. The summed E-state index contributed by atoms with van der Waals surface area (Å²) < 4.78 is 5.17. The Morgan fingerprint density at radius 3 is 2.06 bits per heavy atom. The fourth-order valence-corrected chi connectivity index (χ4v) is 3.07. The van der Waals surface area contributed by atoms with E-state index in [1.807, 2.05) is 0 Å². The monoisotopic (exact) mass is 255 g/mol. The predicted octanol–water partition coefficient (Wildman–Crippen LogP) is 2.30. The van der Waals surface area contributed by atoms with E-state index < -0.39 is 23.2 Å². The van der Waals surface area contributed by atoms with Gasteiger partial charge in [-0.1, -0.05) is 6.42 Å². The van der Waals surface area contributed by atoms with Crippen molar-refractivity contribution in [3.63, 3.8) is 0 Å². The van der Waals surface area contributed by atoms with Crippen LogP contribution in [0.3, 0.4) is 0 Å². The third kappa shape index (κ3) is 1.85. The van der Waals surface area contributed by atoms with Crippen molar-refractivity contribution in [2.24, 2.45) is 5.41 Å². The van der Waals surface area contributed by atoms with Gasteiger partial charge in [-0.25, -0.2) is 9.59 Å². The Bertz CT molecular complexity index is 375. The molecule has 1 amide bonds. The van der Waals surface area contributed by atoms with E-state index in [4.69, 9.17) is 4.74 Å². The summed E-state index contributed by atoms with van der Waals surface area (Å²) in [6.45, 7) is 5.29. The first-order valence-corrected chi connectivity index (χ1v) is 6.45. The van der Waals surface area contributed by atoms with E-state index in [-0.39, 0.29) is 5.41 Å². The number of amides is 1. The summed E-state index contributed by atoms with van der Waals surface area (Å²) in [6.07, 6.45) is 3.57. The second kappa shape index (κ2) is 3.87. The highest BCUT2D eigenvalue weighted by atomic mass is 16.6. The van der Waals surface area contributed by atoms with Gasteiger partial charge in [-0.15, -0.1) is 0 Å². The molecule has 0 aromatic carbocycles. The maximum atomic E-state index is 11.8. The van der Waals surface area contributed by atoms with Crippen molar-refractivity contribution in [3.8, 4) is 0 Å². The van der Waals surface area contributed by atoms with Crippen LogP contribution in [0.4, 0.5) is 4.79 Å². The molecule has 2 saturated carbocycles. The molecule has 2 aliphatic rings. The minimum absolute atomic E-state index is 0.226. The van der Waals surface area contributed by atoms with Crippen LogP contribution in [0.2, 0.25) is 0 Å². The second-order valence-corrected chi connectivity index (χ2v) is 6.47. The lowest BCUT2D eigenvalue weighted by Gasteiger charge is -2.61. The van der Waals surface area contributed by atoms with E-state index >= 15 is 0 Å². The van der Waals surface area contributed by atoms with Gasteiger partial charge in [0.1, 0.15) is 11.1 Å². The van der Waals surface area contributed by atoms with Gasteiger partial charge in [0.25, 0.3) is 0 Å². The molecule has 18 heavy (non-hydrogen) atoms. The summed E-state index contributed by atoms with van der Waals surface area (Å²) in [4.78, 5) is 23.3. The van der Waals surface area contributed by atoms with Crippen LogP contribution in [0.1, 0.15) is 52.9 Å². The first kappa shape index (κ1) is 13.2. The SMILES string of the molecule is CC(C)(C)OC(=O)NC1(C(=O)O)CCC12CCC2. The molecule has 0 aliphatic heterocycles. The molecule has 5 nitrogen and oxygen atoms in total. The molecule has 1 unspecified atom stereocenters. The van der Waals surface area contributed by atoms with Crippen molar-refractivity contribution in [1.82, 2.24) is 5.32 Å². The average Bonchev–Trinajstić information content (AvgIpc) is 2.05. The van der Waals surface area contributed by atoms with Gasteiger partial charge in [-0.05, 0) is 46.5 Å². The quantitative estimate of drug-likeness (QED) is 0.793. The maximum absolute atomic E-state index is 11.8. The van der Waals surface area contributed by atoms with E-state index in [1.165, 1.54) is 0 Å². The van der Waals surface area contributed by atoms with Gasteiger partial charge >= 0.3 is 12.1 Å². The number of hydrogen-bond acceptors (Lipinski definition) is 3. The number of ether oxygens (including phenoxy) is 1. The first-order chi connectivity index (χ1) is 8.21. The number of hydrogen-bond donors (Lipinski definition) is 2. The molecule has 2 N–H and O–H groups in total. The van der Waals surface area contributed by atoms with E-state index in [0.29, 0.717) is 6.42 Å². The standard InChI is InChI=1S/C13H21NO4/c1-11(2,3)18-10(17)14-13(9(15)16)8-7-12(13)5-4-6-12/h4-8H2,1-3H3,(H,14,17)(H,15,16). The van der Waals surface area contributed by atoms with E-state index in [2.05, 4.69) is 5.32 Å². The van der Waals surface area contributed by atoms with Crippen molar-refractivity contribution in [2.45, 2.75) is 64.0 Å². The molecule has 0 heterocycles. The third-order valence-electron chi connectivity index (χ3n) is 4.27. The number of rotatable bonds is 2. The molecule has 0 aromatic heterocycles. The predicted molar refractivity (Wildman–Crippen MR) is 65.3 cm³/mol. The summed E-state index contributed by atoms with van der Waals surface area (Å²) in [5.74, 6) is -0.931. The van der Waals surface area contributed by atoms with Crippen LogP contribution in [0.25, 0.3) is 0 Å². The average molecular weight is 255 g/mol. The minimum Gasteiger partial charge on any atom is -0.479 e. The molecule has 0 radical (unpaired) electrons. The Kier molecular flexibility index (Phi) is 2.83. The van der Waals surface area contributed by atoms with Crippen molar-refractivity contribution in [3.05, 3.63) is 0 Å². The molecule has 1 spiro atoms. The van der Waals surface area contributed by atoms with Gasteiger partial charge in [0, 0.05) is 5.41 Å². The lowest BCUT2D eigenvalue weighted by Crippen LogP contribution is -2.73. The molecular weight excluding hydrogens is 234 g/mol. The molecule has 2 rings (SSSR count).